The number of hydrogen-bond donors (Lipinski definition) is 1. The topological polar surface area (TPSA) is 26.0 Å². The van der Waals surface area contributed by atoms with E-state index in [-0.39, 0.29) is 6.54 Å². The summed E-state index contributed by atoms with van der Waals surface area (Å²) in [5.41, 5.74) is 8.08. The predicted octanol–water partition coefficient (Wildman–Crippen LogP) is 2.27. The van der Waals surface area contributed by atoms with Gasteiger partial charge in [0, 0.05) is 6.54 Å². The van der Waals surface area contributed by atoms with E-state index in [1.54, 1.807) is 0 Å². The molecule has 0 bridgehead atoms. The van der Waals surface area contributed by atoms with Gasteiger partial charge >= 0.3 is 0 Å². The molecule has 12 heavy (non-hydrogen) atoms. The van der Waals surface area contributed by atoms with E-state index in [2.05, 4.69) is 0 Å². The van der Waals surface area contributed by atoms with Crippen LogP contribution in [0.5, 0.6) is 0 Å². The molecule has 0 saturated carbocycles. The zero-order chi connectivity index (χ0) is 9.14. The van der Waals surface area contributed by atoms with Gasteiger partial charge in [-0.3, -0.25) is 0 Å². The van der Waals surface area contributed by atoms with Gasteiger partial charge in [0.2, 0.25) is 0 Å². The average Bonchev–Trinajstić information content (AvgIpc) is 2.03. The lowest BCUT2D eigenvalue weighted by Gasteiger charge is -2.09. The molecule has 2 heteroatoms. The fraction of sp³-hybridized carbons (Fsp3) is 0.400. The fourth-order valence-corrected chi connectivity index (χ4v) is 1.30. The average molecular weight is 167 g/mol. The van der Waals surface area contributed by atoms with Gasteiger partial charge in [-0.25, -0.2) is 4.39 Å². The van der Waals surface area contributed by atoms with E-state index in [4.69, 9.17) is 5.73 Å². The number of alkyl halides is 1. The zero-order valence-electron chi connectivity index (χ0n) is 7.47. The summed E-state index contributed by atoms with van der Waals surface area (Å²) in [5, 5.41) is 0. The van der Waals surface area contributed by atoms with Crippen molar-refractivity contribution in [1.82, 2.24) is 0 Å². The van der Waals surface area contributed by atoms with E-state index in [9.17, 15) is 4.39 Å². The molecule has 0 fully saturated rings. The van der Waals surface area contributed by atoms with Crippen LogP contribution in [0.25, 0.3) is 0 Å². The van der Waals surface area contributed by atoms with Crippen LogP contribution in [0.2, 0.25) is 0 Å². The summed E-state index contributed by atoms with van der Waals surface area (Å²) in [5.74, 6) is 0. The monoisotopic (exact) mass is 167 g/mol. The number of rotatable bonds is 2. The molecule has 0 spiro atoms. The highest BCUT2D eigenvalue weighted by Gasteiger charge is 2.09. The molecule has 0 saturated heterocycles. The minimum Gasteiger partial charge on any atom is -0.327 e. The minimum absolute atomic E-state index is 0.0594. The van der Waals surface area contributed by atoms with Gasteiger partial charge in [0.25, 0.3) is 0 Å². The second-order valence-electron chi connectivity index (χ2n) is 3.06. The normalized spacial score (nSPS) is 13.0. The third-order valence-electron chi connectivity index (χ3n) is 1.97. The lowest BCUT2D eigenvalue weighted by Crippen LogP contribution is -2.08. The summed E-state index contributed by atoms with van der Waals surface area (Å²) in [6.07, 6.45) is -1.02. The van der Waals surface area contributed by atoms with Crippen molar-refractivity contribution in [2.24, 2.45) is 5.73 Å². The number of nitrogens with two attached hydrogens (primary N) is 1. The molecule has 2 N–H and O–H groups in total. The van der Waals surface area contributed by atoms with Crippen molar-refractivity contribution in [2.45, 2.75) is 20.0 Å². The van der Waals surface area contributed by atoms with Gasteiger partial charge in [0.05, 0.1) is 0 Å². The van der Waals surface area contributed by atoms with Crippen molar-refractivity contribution in [3.8, 4) is 0 Å². The third-order valence-corrected chi connectivity index (χ3v) is 1.97. The summed E-state index contributed by atoms with van der Waals surface area (Å²) < 4.78 is 13.1. The third kappa shape index (κ3) is 1.83. The predicted molar refractivity (Wildman–Crippen MR) is 48.8 cm³/mol. The highest BCUT2D eigenvalue weighted by atomic mass is 19.1. The maximum atomic E-state index is 13.1. The molecule has 0 aliphatic rings. The maximum absolute atomic E-state index is 13.1. The molecule has 1 atom stereocenters. The maximum Gasteiger partial charge on any atom is 0.138 e. The van der Waals surface area contributed by atoms with Gasteiger partial charge < -0.3 is 5.73 Å². The van der Waals surface area contributed by atoms with Crippen molar-refractivity contribution in [3.05, 3.63) is 34.9 Å². The number of aryl methyl sites for hydroxylation is 2. The Hall–Kier alpha value is -0.890. The van der Waals surface area contributed by atoms with Crippen LogP contribution < -0.4 is 5.73 Å². The largest absolute Gasteiger partial charge is 0.327 e. The summed E-state index contributed by atoms with van der Waals surface area (Å²) in [7, 11) is 0. The van der Waals surface area contributed by atoms with E-state index in [0.29, 0.717) is 5.56 Å². The van der Waals surface area contributed by atoms with Crippen LogP contribution in [0.4, 0.5) is 4.39 Å². The van der Waals surface area contributed by atoms with Crippen molar-refractivity contribution >= 4 is 0 Å². The molecule has 66 valence electrons. The Morgan fingerprint density at radius 1 is 1.42 bits per heavy atom. The molecule has 0 heterocycles. The standard InChI is InChI=1S/C10H14FN/c1-7-3-4-9(8(2)5-7)10(11)6-12/h3-5,10H,6,12H2,1-2H3/t10-/m0/s1. The molecule has 0 unspecified atom stereocenters. The van der Waals surface area contributed by atoms with Gasteiger partial charge in [-0.15, -0.1) is 0 Å². The van der Waals surface area contributed by atoms with E-state index in [1.165, 1.54) is 0 Å². The van der Waals surface area contributed by atoms with Crippen molar-refractivity contribution in [2.75, 3.05) is 6.54 Å². The van der Waals surface area contributed by atoms with E-state index >= 15 is 0 Å². The first kappa shape index (κ1) is 9.20. The summed E-state index contributed by atoms with van der Waals surface area (Å²) in [6.45, 7) is 3.96. The first-order chi connectivity index (χ1) is 5.65. The molecule has 0 aromatic heterocycles. The molecule has 1 aromatic rings. The van der Waals surface area contributed by atoms with E-state index in [0.717, 1.165) is 11.1 Å². The van der Waals surface area contributed by atoms with E-state index < -0.39 is 6.17 Å². The first-order valence-corrected chi connectivity index (χ1v) is 4.06. The Bertz CT molecular complexity index is 271. The van der Waals surface area contributed by atoms with Crippen molar-refractivity contribution in [3.63, 3.8) is 0 Å². The fourth-order valence-electron chi connectivity index (χ4n) is 1.30. The number of benzene rings is 1. The molecule has 1 nitrogen and oxygen atoms in total. The minimum atomic E-state index is -1.02. The van der Waals surface area contributed by atoms with Crippen molar-refractivity contribution < 1.29 is 4.39 Å². The van der Waals surface area contributed by atoms with Crippen LogP contribution in [0.15, 0.2) is 18.2 Å². The molecular formula is C10H14FN. The van der Waals surface area contributed by atoms with Crippen molar-refractivity contribution in [1.29, 1.82) is 0 Å². The molecule has 0 radical (unpaired) electrons. The van der Waals surface area contributed by atoms with Crippen LogP contribution in [0, 0.1) is 13.8 Å². The van der Waals surface area contributed by atoms with Crippen LogP contribution in [-0.2, 0) is 0 Å². The Balaban J connectivity index is 3.01. The summed E-state index contributed by atoms with van der Waals surface area (Å²) in [4.78, 5) is 0. The lowest BCUT2D eigenvalue weighted by atomic mass is 10.0. The second-order valence-corrected chi connectivity index (χ2v) is 3.06. The van der Waals surface area contributed by atoms with Gasteiger partial charge in [-0.1, -0.05) is 23.8 Å². The van der Waals surface area contributed by atoms with Crippen LogP contribution >= 0.6 is 0 Å². The molecular weight excluding hydrogens is 153 g/mol. The van der Waals surface area contributed by atoms with Gasteiger partial charge in [-0.2, -0.15) is 0 Å². The highest BCUT2D eigenvalue weighted by molar-refractivity contribution is 5.32. The Morgan fingerprint density at radius 3 is 2.58 bits per heavy atom. The quantitative estimate of drug-likeness (QED) is 0.718. The molecule has 0 amide bonds. The van der Waals surface area contributed by atoms with Gasteiger partial charge in [0.15, 0.2) is 0 Å². The van der Waals surface area contributed by atoms with Gasteiger partial charge in [0.1, 0.15) is 6.17 Å². The van der Waals surface area contributed by atoms with Crippen LogP contribution in [0.1, 0.15) is 22.9 Å². The number of halogens is 1. The summed E-state index contributed by atoms with van der Waals surface area (Å²) >= 11 is 0. The molecule has 1 rings (SSSR count). The Kier molecular flexibility index (Phi) is 2.82. The number of hydrogen-bond acceptors (Lipinski definition) is 1. The SMILES string of the molecule is Cc1ccc([C@@H](F)CN)c(C)c1. The van der Waals surface area contributed by atoms with Crippen LogP contribution in [0.3, 0.4) is 0 Å². The van der Waals surface area contributed by atoms with Gasteiger partial charge in [-0.05, 0) is 25.0 Å². The highest BCUT2D eigenvalue weighted by Crippen LogP contribution is 2.20. The second kappa shape index (κ2) is 3.68. The molecule has 0 aliphatic carbocycles. The molecule has 0 aliphatic heterocycles. The Morgan fingerprint density at radius 2 is 2.08 bits per heavy atom. The molecule has 1 aromatic carbocycles. The summed E-state index contributed by atoms with van der Waals surface area (Å²) in [6, 6.07) is 5.68. The van der Waals surface area contributed by atoms with E-state index in [1.807, 2.05) is 32.0 Å². The lowest BCUT2D eigenvalue weighted by molar-refractivity contribution is 0.351. The zero-order valence-corrected chi connectivity index (χ0v) is 7.47. The first-order valence-electron chi connectivity index (χ1n) is 4.06. The smallest absolute Gasteiger partial charge is 0.138 e. The Labute approximate surface area is 72.4 Å². The van der Waals surface area contributed by atoms with Crippen LogP contribution in [-0.4, -0.2) is 6.54 Å².